The van der Waals surface area contributed by atoms with E-state index in [2.05, 4.69) is 34.5 Å². The van der Waals surface area contributed by atoms with Crippen LogP contribution in [0.2, 0.25) is 0 Å². The predicted octanol–water partition coefficient (Wildman–Crippen LogP) is 7.85. The molecule has 5 aromatic carbocycles. The highest BCUT2D eigenvalue weighted by molar-refractivity contribution is 8.00. The fraction of sp³-hybridized carbons (Fsp3) is 0.103. The normalized spacial score (nSPS) is 16.7. The number of anilines is 2. The molecule has 8 nitrogen and oxygen atoms in total. The van der Waals surface area contributed by atoms with Crippen molar-refractivity contribution in [1.29, 1.82) is 0 Å². The molecular formula is C39H26N4O4S2. The van der Waals surface area contributed by atoms with E-state index in [4.69, 9.17) is 4.42 Å². The van der Waals surface area contributed by atoms with Gasteiger partial charge in [-0.25, -0.2) is 0 Å². The summed E-state index contributed by atoms with van der Waals surface area (Å²) in [7, 11) is 0. The van der Waals surface area contributed by atoms with Crippen LogP contribution in [0.3, 0.4) is 0 Å². The van der Waals surface area contributed by atoms with Crippen LogP contribution in [0, 0.1) is 6.92 Å². The van der Waals surface area contributed by atoms with Crippen molar-refractivity contribution >= 4 is 67.5 Å². The first-order valence-electron chi connectivity index (χ1n) is 15.8. The zero-order valence-corrected chi connectivity index (χ0v) is 27.8. The minimum Gasteiger partial charge on any atom is -0.450 e. The number of thioether (sulfide) groups is 1. The highest BCUT2D eigenvalue weighted by Crippen LogP contribution is 2.55. The summed E-state index contributed by atoms with van der Waals surface area (Å²) in [5.74, 6) is -0.566. The molecule has 0 saturated carbocycles. The first-order valence-corrected chi connectivity index (χ1v) is 17.6. The first-order chi connectivity index (χ1) is 23.9. The molecule has 9 rings (SSSR count). The zero-order chi connectivity index (χ0) is 33.3. The van der Waals surface area contributed by atoms with Crippen molar-refractivity contribution in [1.82, 2.24) is 10.2 Å². The minimum absolute atomic E-state index is 0.00349. The number of para-hydroxylation sites is 1. The molecule has 10 heteroatoms. The molecule has 1 spiro atoms. The summed E-state index contributed by atoms with van der Waals surface area (Å²) in [6.07, 6.45) is 0. The van der Waals surface area contributed by atoms with Gasteiger partial charge in [-0.3, -0.25) is 19.3 Å². The third-order valence-corrected chi connectivity index (χ3v) is 11.4. The number of rotatable bonds is 6. The first kappa shape index (κ1) is 29.6. The monoisotopic (exact) mass is 678 g/mol. The van der Waals surface area contributed by atoms with Gasteiger partial charge in [0.25, 0.3) is 11.8 Å². The third-order valence-electron chi connectivity index (χ3n) is 9.28. The number of carbonyl (C=O) groups is 2. The molecule has 7 aromatic rings. The van der Waals surface area contributed by atoms with Crippen molar-refractivity contribution in [2.45, 2.75) is 29.1 Å². The Balaban J connectivity index is 1.21. The zero-order valence-electron chi connectivity index (χ0n) is 26.1. The summed E-state index contributed by atoms with van der Waals surface area (Å²) in [5.41, 5.74) is 2.06. The molecule has 2 aliphatic rings. The van der Waals surface area contributed by atoms with E-state index in [1.54, 1.807) is 17.0 Å². The van der Waals surface area contributed by atoms with Crippen LogP contribution in [-0.2, 0) is 22.6 Å². The Labute approximate surface area is 288 Å². The summed E-state index contributed by atoms with van der Waals surface area (Å²) in [6, 6.07) is 36.7. The van der Waals surface area contributed by atoms with Crippen molar-refractivity contribution < 1.29 is 14.0 Å². The summed E-state index contributed by atoms with van der Waals surface area (Å²) in [5, 5.41) is 11.8. The van der Waals surface area contributed by atoms with Gasteiger partial charge in [-0.05, 0) is 47.0 Å². The van der Waals surface area contributed by atoms with Crippen LogP contribution in [0.25, 0.3) is 21.7 Å². The van der Waals surface area contributed by atoms with Crippen LogP contribution in [-0.4, -0.2) is 22.0 Å². The van der Waals surface area contributed by atoms with E-state index in [0.717, 1.165) is 27.5 Å². The molecule has 2 amide bonds. The topological polar surface area (TPSA) is 96.6 Å². The maximum absolute atomic E-state index is 15.2. The number of aryl methyl sites for hydroxylation is 1. The SMILES string of the molecule is Cc1ccc2oc3c(c(=O)c2c1)C1(C(=O)N(Cc2ccccc2)c2ccccc21)N(c1nnc(SCc2cccc4ccccc24)s1)C3=O. The molecule has 238 valence electrons. The van der Waals surface area contributed by atoms with Gasteiger partial charge in [0.1, 0.15) is 5.58 Å². The van der Waals surface area contributed by atoms with Crippen LogP contribution >= 0.6 is 23.1 Å². The second kappa shape index (κ2) is 11.3. The lowest BCUT2D eigenvalue weighted by Crippen LogP contribution is -2.53. The standard InChI is InChI=1S/C39H26N4O4S2/c1-23-18-19-31-28(20-23)33(44)32-34(47-31)35(45)43(37-40-41-38(49-37)48-22-26-14-9-13-25-12-5-6-15-27(25)26)39(32)29-16-7-8-17-30(29)42(36(39)46)21-24-10-3-2-4-11-24/h2-20H,21-22H2,1H3. The lowest BCUT2D eigenvalue weighted by molar-refractivity contribution is -0.121. The second-order valence-electron chi connectivity index (χ2n) is 12.2. The molecule has 2 aromatic heterocycles. The van der Waals surface area contributed by atoms with E-state index in [0.29, 0.717) is 26.7 Å². The van der Waals surface area contributed by atoms with E-state index in [9.17, 15) is 9.59 Å². The fourth-order valence-corrected chi connectivity index (χ4v) is 9.00. The van der Waals surface area contributed by atoms with Gasteiger partial charge in [-0.1, -0.05) is 126 Å². The van der Waals surface area contributed by atoms with Gasteiger partial charge in [0.05, 0.1) is 23.2 Å². The Morgan fingerprint density at radius 3 is 2.47 bits per heavy atom. The van der Waals surface area contributed by atoms with E-state index in [1.165, 1.54) is 28.0 Å². The van der Waals surface area contributed by atoms with Gasteiger partial charge >= 0.3 is 0 Å². The van der Waals surface area contributed by atoms with E-state index in [-0.39, 0.29) is 28.6 Å². The van der Waals surface area contributed by atoms with Crippen molar-refractivity contribution in [3.05, 3.63) is 159 Å². The molecule has 4 heterocycles. The quantitative estimate of drug-likeness (QED) is 0.131. The van der Waals surface area contributed by atoms with E-state index >= 15 is 4.79 Å². The lowest BCUT2D eigenvalue weighted by Gasteiger charge is -2.32. The third kappa shape index (κ3) is 4.41. The number of hydrogen-bond acceptors (Lipinski definition) is 8. The predicted molar refractivity (Wildman–Crippen MR) is 192 cm³/mol. The highest BCUT2D eigenvalue weighted by atomic mass is 32.2. The Hall–Kier alpha value is -5.58. The number of benzene rings is 5. The van der Waals surface area contributed by atoms with Gasteiger partial charge in [0.2, 0.25) is 10.9 Å². The van der Waals surface area contributed by atoms with Gasteiger partial charge in [0, 0.05) is 11.3 Å². The summed E-state index contributed by atoms with van der Waals surface area (Å²) >= 11 is 2.72. The maximum Gasteiger partial charge on any atom is 0.297 e. The molecule has 0 aliphatic carbocycles. The fourth-order valence-electron chi connectivity index (χ4n) is 7.11. The maximum atomic E-state index is 15.2. The number of nitrogens with zero attached hydrogens (tertiary/aromatic N) is 4. The molecule has 0 saturated heterocycles. The second-order valence-corrected chi connectivity index (χ2v) is 14.3. The Kier molecular flexibility index (Phi) is 6.79. The average molecular weight is 679 g/mol. The Morgan fingerprint density at radius 1 is 0.816 bits per heavy atom. The number of carbonyl (C=O) groups excluding carboxylic acids is 2. The molecule has 49 heavy (non-hydrogen) atoms. The van der Waals surface area contributed by atoms with Gasteiger partial charge < -0.3 is 9.32 Å². The summed E-state index contributed by atoms with van der Waals surface area (Å²) in [4.78, 5) is 47.4. The molecule has 2 aliphatic heterocycles. The van der Waals surface area contributed by atoms with Crippen LogP contribution in [0.5, 0.6) is 0 Å². The van der Waals surface area contributed by atoms with E-state index in [1.807, 2.05) is 85.8 Å². The van der Waals surface area contributed by atoms with Crippen LogP contribution < -0.4 is 15.2 Å². The minimum atomic E-state index is -1.84. The number of fused-ring (bicyclic) bond motifs is 6. The average Bonchev–Trinajstić information content (AvgIpc) is 3.77. The Morgan fingerprint density at radius 2 is 1.59 bits per heavy atom. The summed E-state index contributed by atoms with van der Waals surface area (Å²) in [6.45, 7) is 2.13. The lowest BCUT2D eigenvalue weighted by atomic mass is 9.84. The smallest absolute Gasteiger partial charge is 0.297 e. The molecule has 1 unspecified atom stereocenters. The molecule has 0 radical (unpaired) electrons. The largest absolute Gasteiger partial charge is 0.450 e. The molecule has 0 N–H and O–H groups in total. The number of hydrogen-bond donors (Lipinski definition) is 0. The van der Waals surface area contributed by atoms with Crippen LogP contribution in [0.1, 0.15) is 38.4 Å². The molecular weight excluding hydrogens is 653 g/mol. The van der Waals surface area contributed by atoms with Crippen molar-refractivity contribution in [2.24, 2.45) is 0 Å². The van der Waals surface area contributed by atoms with Crippen molar-refractivity contribution in [2.75, 3.05) is 9.80 Å². The molecule has 0 fully saturated rings. The van der Waals surface area contributed by atoms with Crippen molar-refractivity contribution in [3.63, 3.8) is 0 Å². The Bertz CT molecular complexity index is 2540. The van der Waals surface area contributed by atoms with Gasteiger partial charge in [0.15, 0.2) is 15.3 Å². The highest BCUT2D eigenvalue weighted by Gasteiger charge is 2.66. The van der Waals surface area contributed by atoms with Gasteiger partial charge in [-0.15, -0.1) is 10.2 Å². The number of amides is 2. The van der Waals surface area contributed by atoms with Crippen molar-refractivity contribution in [3.8, 4) is 0 Å². The molecule has 0 bridgehead atoms. The van der Waals surface area contributed by atoms with Crippen LogP contribution in [0.15, 0.2) is 129 Å². The number of aromatic nitrogens is 2. The van der Waals surface area contributed by atoms with Gasteiger partial charge in [-0.2, -0.15) is 0 Å². The summed E-state index contributed by atoms with van der Waals surface area (Å²) < 4.78 is 6.88. The molecule has 1 atom stereocenters. The van der Waals surface area contributed by atoms with E-state index < -0.39 is 22.8 Å². The van der Waals surface area contributed by atoms with Crippen LogP contribution in [0.4, 0.5) is 10.8 Å².